The van der Waals surface area contributed by atoms with Crippen LogP contribution in [-0.2, 0) is 19.0 Å². The van der Waals surface area contributed by atoms with Gasteiger partial charge in [-0.05, 0) is 32.6 Å². The summed E-state index contributed by atoms with van der Waals surface area (Å²) in [6, 6.07) is 0. The van der Waals surface area contributed by atoms with E-state index in [0.717, 1.165) is 25.7 Å². The number of aliphatic hydroxyl groups is 1. The summed E-state index contributed by atoms with van der Waals surface area (Å²) in [6.45, 7) is 4.30. The van der Waals surface area contributed by atoms with Gasteiger partial charge in [0.15, 0.2) is 0 Å². The van der Waals surface area contributed by atoms with Crippen molar-refractivity contribution in [3.63, 3.8) is 0 Å². The van der Waals surface area contributed by atoms with E-state index in [1.165, 1.54) is 19.3 Å². The molecule has 0 aliphatic carbocycles. The van der Waals surface area contributed by atoms with Crippen LogP contribution in [0.15, 0.2) is 0 Å². The van der Waals surface area contributed by atoms with Crippen LogP contribution >= 0.6 is 0 Å². The molecule has 6 atom stereocenters. The van der Waals surface area contributed by atoms with Gasteiger partial charge in [-0.1, -0.05) is 26.2 Å². The lowest BCUT2D eigenvalue weighted by Gasteiger charge is -2.49. The van der Waals surface area contributed by atoms with E-state index in [1.807, 2.05) is 0 Å². The van der Waals surface area contributed by atoms with Crippen LogP contribution in [0, 0.1) is 0 Å². The highest BCUT2D eigenvalue weighted by Gasteiger charge is 2.53. The van der Waals surface area contributed by atoms with E-state index < -0.39 is 12.2 Å². The van der Waals surface area contributed by atoms with Gasteiger partial charge in [-0.3, -0.25) is 4.79 Å². The van der Waals surface area contributed by atoms with Gasteiger partial charge in [-0.2, -0.15) is 0 Å². The summed E-state index contributed by atoms with van der Waals surface area (Å²) in [4.78, 5) is 11.6. The smallest absolute Gasteiger partial charge is 0.308 e. The summed E-state index contributed by atoms with van der Waals surface area (Å²) in [6.07, 6.45) is 7.17. The molecule has 3 saturated heterocycles. The van der Waals surface area contributed by atoms with Crippen molar-refractivity contribution in [3.05, 3.63) is 0 Å². The fourth-order valence-corrected chi connectivity index (χ4v) is 4.24. The van der Waals surface area contributed by atoms with Crippen molar-refractivity contribution < 1.29 is 24.1 Å². The molecule has 0 saturated carbocycles. The first-order valence-corrected chi connectivity index (χ1v) is 9.22. The summed E-state index contributed by atoms with van der Waals surface area (Å²) in [7, 11) is 0. The zero-order valence-electron chi connectivity index (χ0n) is 14.3. The first-order chi connectivity index (χ1) is 11.0. The second-order valence-electron chi connectivity index (χ2n) is 7.57. The number of unbranched alkanes of at least 4 members (excludes halogenated alkanes) is 2. The minimum atomic E-state index is -0.761. The third kappa shape index (κ3) is 3.72. The Balaban J connectivity index is 1.67. The Bertz CT molecular complexity index is 426. The van der Waals surface area contributed by atoms with Crippen LogP contribution in [0.2, 0.25) is 0 Å². The number of carbonyl (C=O) groups excluding carboxylic acids is 1. The van der Waals surface area contributed by atoms with Gasteiger partial charge in [-0.15, -0.1) is 0 Å². The first kappa shape index (κ1) is 17.2. The molecule has 3 heterocycles. The zero-order chi connectivity index (χ0) is 16.4. The van der Waals surface area contributed by atoms with Crippen molar-refractivity contribution in [2.24, 2.45) is 0 Å². The lowest BCUT2D eigenvalue weighted by atomic mass is 9.83. The fraction of sp³-hybridized carbons (Fsp3) is 0.944. The first-order valence-electron chi connectivity index (χ1n) is 9.22. The molecule has 0 spiro atoms. The maximum atomic E-state index is 11.6. The van der Waals surface area contributed by atoms with Gasteiger partial charge in [0.1, 0.15) is 12.2 Å². The lowest BCUT2D eigenvalue weighted by Crippen LogP contribution is -2.61. The second kappa shape index (κ2) is 7.08. The number of hydrogen-bond donors (Lipinski definition) is 1. The zero-order valence-corrected chi connectivity index (χ0v) is 14.3. The van der Waals surface area contributed by atoms with E-state index >= 15 is 0 Å². The van der Waals surface area contributed by atoms with Gasteiger partial charge in [-0.25, -0.2) is 0 Å². The lowest BCUT2D eigenvalue weighted by molar-refractivity contribution is -0.271. The summed E-state index contributed by atoms with van der Waals surface area (Å²) in [5, 5.41) is 10.2. The van der Waals surface area contributed by atoms with Gasteiger partial charge in [0.2, 0.25) is 0 Å². The Morgan fingerprint density at radius 1 is 1.35 bits per heavy atom. The second-order valence-corrected chi connectivity index (χ2v) is 7.57. The molecule has 0 radical (unpaired) electrons. The van der Waals surface area contributed by atoms with Crippen LogP contribution in [0.5, 0.6) is 0 Å². The van der Waals surface area contributed by atoms with Gasteiger partial charge in [0.05, 0.1) is 30.3 Å². The summed E-state index contributed by atoms with van der Waals surface area (Å²) in [5.41, 5.74) is -0.384. The van der Waals surface area contributed by atoms with Crippen molar-refractivity contribution in [2.45, 2.75) is 108 Å². The molecule has 23 heavy (non-hydrogen) atoms. The van der Waals surface area contributed by atoms with E-state index in [9.17, 15) is 9.90 Å². The van der Waals surface area contributed by atoms with Crippen LogP contribution in [0.25, 0.3) is 0 Å². The molecule has 5 heteroatoms. The SMILES string of the molecule is CCCCC[C@@H]1CCC[C@@]2(C)O[C@H]3[C@@H](O)CC(=O)O[C@@H]3C[C@@H]2O1. The number of esters is 1. The van der Waals surface area contributed by atoms with E-state index in [-0.39, 0.29) is 36.3 Å². The van der Waals surface area contributed by atoms with Crippen LogP contribution in [0.4, 0.5) is 0 Å². The van der Waals surface area contributed by atoms with E-state index in [0.29, 0.717) is 6.42 Å². The van der Waals surface area contributed by atoms with Gasteiger partial charge >= 0.3 is 5.97 Å². The minimum Gasteiger partial charge on any atom is -0.459 e. The van der Waals surface area contributed by atoms with Gasteiger partial charge < -0.3 is 19.3 Å². The largest absolute Gasteiger partial charge is 0.459 e. The molecule has 0 amide bonds. The Hall–Kier alpha value is -0.650. The fourth-order valence-electron chi connectivity index (χ4n) is 4.24. The Kier molecular flexibility index (Phi) is 5.29. The normalized spacial score (nSPS) is 44.0. The molecule has 5 nitrogen and oxygen atoms in total. The summed E-state index contributed by atoms with van der Waals surface area (Å²) in [5.74, 6) is -0.334. The molecule has 0 unspecified atom stereocenters. The molecule has 3 aliphatic rings. The number of hydrogen-bond acceptors (Lipinski definition) is 5. The maximum absolute atomic E-state index is 11.6. The monoisotopic (exact) mass is 326 g/mol. The molecule has 3 fully saturated rings. The number of carbonyl (C=O) groups is 1. The Morgan fingerprint density at radius 2 is 2.17 bits per heavy atom. The molecule has 3 aliphatic heterocycles. The van der Waals surface area contributed by atoms with Crippen LogP contribution in [0.1, 0.15) is 71.6 Å². The van der Waals surface area contributed by atoms with Crippen molar-refractivity contribution in [3.8, 4) is 0 Å². The third-order valence-electron chi connectivity index (χ3n) is 5.62. The highest BCUT2D eigenvalue weighted by Crippen LogP contribution is 2.42. The number of ether oxygens (including phenoxy) is 3. The van der Waals surface area contributed by atoms with Gasteiger partial charge in [0, 0.05) is 6.42 Å². The topological polar surface area (TPSA) is 65.0 Å². The van der Waals surface area contributed by atoms with Crippen molar-refractivity contribution >= 4 is 5.97 Å². The molecule has 0 aromatic heterocycles. The van der Waals surface area contributed by atoms with E-state index in [2.05, 4.69) is 13.8 Å². The summed E-state index contributed by atoms with van der Waals surface area (Å²) >= 11 is 0. The predicted molar refractivity (Wildman–Crippen MR) is 85.1 cm³/mol. The van der Waals surface area contributed by atoms with E-state index in [4.69, 9.17) is 14.2 Å². The standard InChI is InChI=1S/C18H30O5/c1-3-4-5-7-12-8-6-9-18(2)15(21-12)11-14-17(23-18)13(19)10-16(20)22-14/h12-15,17,19H,3-11H2,1-2H3/t12-,13+,14-,15+,17+,18-/m1/s1. The molecule has 1 N–H and O–H groups in total. The molecule has 0 bridgehead atoms. The average molecular weight is 326 g/mol. The number of fused-ring (bicyclic) bond motifs is 2. The Labute approximate surface area is 138 Å². The molecular formula is C18H30O5. The number of rotatable bonds is 4. The van der Waals surface area contributed by atoms with Crippen LogP contribution < -0.4 is 0 Å². The van der Waals surface area contributed by atoms with Gasteiger partial charge in [0.25, 0.3) is 0 Å². The predicted octanol–water partition coefficient (Wildman–Crippen LogP) is 2.73. The molecule has 0 aromatic rings. The molecule has 0 aromatic carbocycles. The van der Waals surface area contributed by atoms with E-state index in [1.54, 1.807) is 0 Å². The van der Waals surface area contributed by atoms with Crippen molar-refractivity contribution in [1.29, 1.82) is 0 Å². The highest BCUT2D eigenvalue weighted by molar-refractivity contribution is 5.71. The molecule has 3 rings (SSSR count). The van der Waals surface area contributed by atoms with Crippen molar-refractivity contribution in [1.82, 2.24) is 0 Å². The quantitative estimate of drug-likeness (QED) is 0.636. The number of aliphatic hydroxyl groups excluding tert-OH is 1. The maximum Gasteiger partial charge on any atom is 0.308 e. The van der Waals surface area contributed by atoms with Crippen LogP contribution in [-0.4, -0.2) is 47.2 Å². The van der Waals surface area contributed by atoms with Crippen LogP contribution in [0.3, 0.4) is 0 Å². The third-order valence-corrected chi connectivity index (χ3v) is 5.62. The van der Waals surface area contributed by atoms with Crippen molar-refractivity contribution in [2.75, 3.05) is 0 Å². The Morgan fingerprint density at radius 3 is 2.96 bits per heavy atom. The highest BCUT2D eigenvalue weighted by atomic mass is 16.6. The average Bonchev–Trinajstić information content (AvgIpc) is 2.64. The minimum absolute atomic E-state index is 0.0302. The molecular weight excluding hydrogens is 296 g/mol. The molecule has 132 valence electrons. The summed E-state index contributed by atoms with van der Waals surface area (Å²) < 4.78 is 18.1.